The number of rotatable bonds is 7. The van der Waals surface area contributed by atoms with Gasteiger partial charge in [0.25, 0.3) is 5.69 Å². The van der Waals surface area contributed by atoms with Crippen LogP contribution < -0.4 is 4.72 Å². The Balaban J connectivity index is 2.65. The van der Waals surface area contributed by atoms with Crippen LogP contribution in [0.1, 0.15) is 12.5 Å². The molecule has 106 valence electrons. The van der Waals surface area contributed by atoms with Gasteiger partial charge in [-0.3, -0.25) is 10.1 Å². The van der Waals surface area contributed by atoms with Crippen molar-refractivity contribution in [2.24, 2.45) is 0 Å². The fraction of sp³-hybridized carbons (Fsp3) is 0.455. The van der Waals surface area contributed by atoms with Gasteiger partial charge >= 0.3 is 0 Å². The molecule has 1 aromatic rings. The van der Waals surface area contributed by atoms with E-state index in [0.717, 1.165) is 0 Å². The molecular formula is C11H16N2O5S. The van der Waals surface area contributed by atoms with Crippen LogP contribution in [0.3, 0.4) is 0 Å². The number of nitrogens with zero attached hydrogens (tertiary/aromatic N) is 1. The maximum absolute atomic E-state index is 11.7. The van der Waals surface area contributed by atoms with Crippen LogP contribution in [0.5, 0.6) is 0 Å². The lowest BCUT2D eigenvalue weighted by Crippen LogP contribution is -2.32. The van der Waals surface area contributed by atoms with Gasteiger partial charge in [-0.25, -0.2) is 13.1 Å². The SMILES string of the molecule is COC(C)CNS(=O)(=O)Cc1ccc([N+](=O)[O-])cc1. The zero-order valence-corrected chi connectivity index (χ0v) is 11.5. The molecule has 7 nitrogen and oxygen atoms in total. The van der Waals surface area contributed by atoms with Gasteiger partial charge in [-0.05, 0) is 12.5 Å². The van der Waals surface area contributed by atoms with E-state index in [-0.39, 0.29) is 24.1 Å². The van der Waals surface area contributed by atoms with E-state index in [1.165, 1.54) is 31.4 Å². The zero-order chi connectivity index (χ0) is 14.5. The molecule has 0 aliphatic heterocycles. The van der Waals surface area contributed by atoms with Crippen molar-refractivity contribution in [1.82, 2.24) is 4.72 Å². The van der Waals surface area contributed by atoms with E-state index in [1.807, 2.05) is 0 Å². The Morgan fingerprint density at radius 3 is 2.42 bits per heavy atom. The highest BCUT2D eigenvalue weighted by Crippen LogP contribution is 2.13. The third-order valence-electron chi connectivity index (χ3n) is 2.50. The molecule has 0 radical (unpaired) electrons. The van der Waals surface area contributed by atoms with Gasteiger partial charge < -0.3 is 4.74 Å². The topological polar surface area (TPSA) is 98.5 Å². The predicted octanol–water partition coefficient (Wildman–Crippen LogP) is 1.05. The quantitative estimate of drug-likeness (QED) is 0.597. The van der Waals surface area contributed by atoms with Crippen molar-refractivity contribution in [3.63, 3.8) is 0 Å². The van der Waals surface area contributed by atoms with Crippen molar-refractivity contribution in [2.75, 3.05) is 13.7 Å². The van der Waals surface area contributed by atoms with E-state index in [4.69, 9.17) is 4.74 Å². The van der Waals surface area contributed by atoms with Crippen LogP contribution in [0, 0.1) is 10.1 Å². The Bertz CT molecular complexity index is 527. The lowest BCUT2D eigenvalue weighted by molar-refractivity contribution is -0.384. The lowest BCUT2D eigenvalue weighted by Gasteiger charge is -2.11. The molecule has 0 amide bonds. The molecule has 0 spiro atoms. The summed E-state index contributed by atoms with van der Waals surface area (Å²) < 4.78 is 30.8. The highest BCUT2D eigenvalue weighted by atomic mass is 32.2. The monoisotopic (exact) mass is 288 g/mol. The highest BCUT2D eigenvalue weighted by Gasteiger charge is 2.14. The van der Waals surface area contributed by atoms with Crippen LogP contribution in [0.4, 0.5) is 5.69 Å². The minimum Gasteiger partial charge on any atom is -0.380 e. The minimum atomic E-state index is -3.47. The second-order valence-corrected chi connectivity index (χ2v) is 5.88. The Kier molecular flexibility index (Phi) is 5.40. The largest absolute Gasteiger partial charge is 0.380 e. The van der Waals surface area contributed by atoms with Crippen LogP contribution in [0.2, 0.25) is 0 Å². The first-order valence-electron chi connectivity index (χ1n) is 5.57. The third-order valence-corrected chi connectivity index (χ3v) is 3.82. The number of nitro groups is 1. The summed E-state index contributed by atoms with van der Waals surface area (Å²) in [5.74, 6) is -0.221. The number of hydrogen-bond donors (Lipinski definition) is 1. The van der Waals surface area contributed by atoms with Gasteiger partial charge in [0.1, 0.15) is 0 Å². The fourth-order valence-corrected chi connectivity index (χ4v) is 2.53. The summed E-state index contributed by atoms with van der Waals surface area (Å²) >= 11 is 0. The molecule has 1 atom stereocenters. The molecule has 0 aliphatic rings. The lowest BCUT2D eigenvalue weighted by atomic mass is 10.2. The highest BCUT2D eigenvalue weighted by molar-refractivity contribution is 7.88. The Morgan fingerprint density at radius 1 is 1.37 bits per heavy atom. The van der Waals surface area contributed by atoms with E-state index < -0.39 is 14.9 Å². The molecule has 1 rings (SSSR count). The molecule has 0 saturated carbocycles. The standard InChI is InChI=1S/C11H16N2O5S/c1-9(18-2)7-12-19(16,17)8-10-3-5-11(6-4-10)13(14)15/h3-6,9,12H,7-8H2,1-2H3. The van der Waals surface area contributed by atoms with E-state index in [0.29, 0.717) is 5.56 Å². The second kappa shape index (κ2) is 6.60. The first kappa shape index (κ1) is 15.5. The molecular weight excluding hydrogens is 272 g/mol. The molecule has 0 aliphatic carbocycles. The molecule has 0 heterocycles. The number of nitrogens with one attached hydrogen (secondary N) is 1. The summed E-state index contributed by atoms with van der Waals surface area (Å²) in [6.07, 6.45) is -0.216. The smallest absolute Gasteiger partial charge is 0.269 e. The van der Waals surface area contributed by atoms with Gasteiger partial charge in [0, 0.05) is 25.8 Å². The number of hydrogen-bond acceptors (Lipinski definition) is 5. The zero-order valence-electron chi connectivity index (χ0n) is 10.7. The first-order valence-corrected chi connectivity index (χ1v) is 7.23. The Labute approximate surface area is 111 Å². The number of benzene rings is 1. The van der Waals surface area contributed by atoms with Crippen molar-refractivity contribution in [3.05, 3.63) is 39.9 Å². The molecule has 0 aromatic heterocycles. The van der Waals surface area contributed by atoms with Crippen molar-refractivity contribution < 1.29 is 18.1 Å². The van der Waals surface area contributed by atoms with E-state index in [1.54, 1.807) is 6.92 Å². The third kappa shape index (κ3) is 5.33. The van der Waals surface area contributed by atoms with Gasteiger partial charge in [-0.15, -0.1) is 0 Å². The number of sulfonamides is 1. The van der Waals surface area contributed by atoms with Crippen LogP contribution >= 0.6 is 0 Å². The summed E-state index contributed by atoms with van der Waals surface area (Å²) in [7, 11) is -1.98. The number of methoxy groups -OCH3 is 1. The molecule has 1 aromatic carbocycles. The summed E-state index contributed by atoms with van der Waals surface area (Å²) in [6.45, 7) is 1.93. The van der Waals surface area contributed by atoms with Crippen LogP contribution in [-0.2, 0) is 20.5 Å². The maximum atomic E-state index is 11.7. The van der Waals surface area contributed by atoms with E-state index in [9.17, 15) is 18.5 Å². The maximum Gasteiger partial charge on any atom is 0.269 e. The first-order chi connectivity index (χ1) is 8.84. The van der Waals surface area contributed by atoms with Gasteiger partial charge in [-0.2, -0.15) is 0 Å². The van der Waals surface area contributed by atoms with Crippen LogP contribution in [0.15, 0.2) is 24.3 Å². The summed E-state index contributed by atoms with van der Waals surface area (Å²) in [6, 6.07) is 5.42. The Hall–Kier alpha value is -1.51. The normalized spacial score (nSPS) is 13.2. The molecule has 0 saturated heterocycles. The Morgan fingerprint density at radius 2 is 1.95 bits per heavy atom. The fourth-order valence-electron chi connectivity index (χ4n) is 1.31. The summed E-state index contributed by atoms with van der Waals surface area (Å²) in [4.78, 5) is 9.94. The number of nitro benzene ring substituents is 1. The summed E-state index contributed by atoms with van der Waals surface area (Å²) in [5.41, 5.74) is 0.422. The molecule has 8 heteroatoms. The minimum absolute atomic E-state index is 0.0675. The average Bonchev–Trinajstić information content (AvgIpc) is 2.36. The van der Waals surface area contributed by atoms with Crippen molar-refractivity contribution in [2.45, 2.75) is 18.8 Å². The summed E-state index contributed by atoms with van der Waals surface area (Å²) in [5, 5.41) is 10.5. The van der Waals surface area contributed by atoms with E-state index >= 15 is 0 Å². The van der Waals surface area contributed by atoms with Gasteiger partial charge in [0.15, 0.2) is 0 Å². The van der Waals surface area contributed by atoms with Crippen molar-refractivity contribution in [1.29, 1.82) is 0 Å². The van der Waals surface area contributed by atoms with Crippen molar-refractivity contribution in [3.8, 4) is 0 Å². The van der Waals surface area contributed by atoms with Crippen LogP contribution in [0.25, 0.3) is 0 Å². The molecule has 19 heavy (non-hydrogen) atoms. The van der Waals surface area contributed by atoms with Gasteiger partial charge in [-0.1, -0.05) is 12.1 Å². The molecule has 1 unspecified atom stereocenters. The van der Waals surface area contributed by atoms with E-state index in [2.05, 4.69) is 4.72 Å². The van der Waals surface area contributed by atoms with Crippen molar-refractivity contribution >= 4 is 15.7 Å². The average molecular weight is 288 g/mol. The van der Waals surface area contributed by atoms with Crippen LogP contribution in [-0.4, -0.2) is 33.1 Å². The number of ether oxygens (including phenoxy) is 1. The predicted molar refractivity (Wildman–Crippen MR) is 70.2 cm³/mol. The van der Waals surface area contributed by atoms with Gasteiger partial charge in [0.2, 0.25) is 10.0 Å². The second-order valence-electron chi connectivity index (χ2n) is 4.08. The molecule has 1 N–H and O–H groups in total. The number of non-ortho nitro benzene ring substituents is 1. The molecule has 0 fully saturated rings. The van der Waals surface area contributed by atoms with Gasteiger partial charge in [0.05, 0.1) is 16.8 Å². The molecule has 0 bridgehead atoms.